The van der Waals surface area contributed by atoms with E-state index in [4.69, 9.17) is 14.8 Å². The Bertz CT molecular complexity index is 592. The van der Waals surface area contributed by atoms with Crippen LogP contribution >= 0.6 is 7.60 Å². The van der Waals surface area contributed by atoms with Gasteiger partial charge in [-0.3, -0.25) is 9.36 Å². The number of nitrogens with zero attached hydrogens (tertiary/aromatic N) is 1. The summed E-state index contributed by atoms with van der Waals surface area (Å²) in [6.45, 7) is 3.44. The van der Waals surface area contributed by atoms with E-state index in [-0.39, 0.29) is 13.2 Å². The minimum Gasteiger partial charge on any atom is -0.387 e. The Balaban J connectivity index is 2.97. The van der Waals surface area contributed by atoms with Crippen LogP contribution in [0.4, 0.5) is 8.78 Å². The molecule has 0 radical (unpaired) electrons. The van der Waals surface area contributed by atoms with E-state index in [0.29, 0.717) is 0 Å². The smallest absolute Gasteiger partial charge is 0.338 e. The molecule has 0 aliphatic heterocycles. The third-order valence-electron chi connectivity index (χ3n) is 2.43. The van der Waals surface area contributed by atoms with Crippen LogP contribution in [0.15, 0.2) is 23.2 Å². The molecule has 22 heavy (non-hydrogen) atoms. The molecule has 1 rings (SSSR count). The van der Waals surface area contributed by atoms with Gasteiger partial charge in [0, 0.05) is 0 Å². The van der Waals surface area contributed by atoms with E-state index in [2.05, 4.69) is 4.99 Å². The first-order valence-electron chi connectivity index (χ1n) is 6.52. The van der Waals surface area contributed by atoms with E-state index in [1.165, 1.54) is 0 Å². The number of benzene rings is 1. The van der Waals surface area contributed by atoms with Gasteiger partial charge in [-0.05, 0) is 26.0 Å². The molecule has 2 N–H and O–H groups in total. The SMILES string of the molecule is CCOP(=O)(CC(N)=NC(=O)c1c(F)cccc1F)OCC. The van der Waals surface area contributed by atoms with Crippen molar-refractivity contribution < 1.29 is 27.2 Å². The quantitative estimate of drug-likeness (QED) is 0.470. The van der Waals surface area contributed by atoms with Crippen molar-refractivity contribution in [3.05, 3.63) is 35.4 Å². The van der Waals surface area contributed by atoms with Crippen LogP contribution in [0.2, 0.25) is 0 Å². The standard InChI is InChI=1S/C13H17F2N2O4P/c1-3-20-22(19,21-4-2)8-11(16)17-13(18)12-9(14)6-5-7-10(12)15/h5-7H,3-4,8H2,1-2H3,(H2,16,17,18). The first-order chi connectivity index (χ1) is 10.3. The number of carbonyl (C=O) groups excluding carboxylic acids is 1. The lowest BCUT2D eigenvalue weighted by molar-refractivity contribution is 0.0995. The number of aliphatic imine (C=N–C) groups is 1. The lowest BCUT2D eigenvalue weighted by Gasteiger charge is -2.16. The molecule has 1 aromatic rings. The highest BCUT2D eigenvalue weighted by molar-refractivity contribution is 7.54. The fraction of sp³-hybridized carbons (Fsp3) is 0.385. The van der Waals surface area contributed by atoms with Crippen molar-refractivity contribution in [1.82, 2.24) is 0 Å². The van der Waals surface area contributed by atoms with Gasteiger partial charge in [0.25, 0.3) is 5.91 Å². The summed E-state index contributed by atoms with van der Waals surface area (Å²) in [7, 11) is -3.54. The zero-order valence-corrected chi connectivity index (χ0v) is 13.1. The Morgan fingerprint density at radius 2 is 1.73 bits per heavy atom. The molecular weight excluding hydrogens is 317 g/mol. The minimum atomic E-state index is -3.54. The van der Waals surface area contributed by atoms with E-state index < -0.39 is 42.7 Å². The van der Waals surface area contributed by atoms with E-state index in [1.807, 2.05) is 0 Å². The molecule has 0 saturated carbocycles. The zero-order chi connectivity index (χ0) is 16.8. The molecule has 1 aromatic carbocycles. The van der Waals surface area contributed by atoms with Gasteiger partial charge in [0.05, 0.1) is 13.2 Å². The maximum atomic E-state index is 13.5. The fourth-order valence-corrected chi connectivity index (χ4v) is 3.16. The number of amidine groups is 1. The number of nitrogens with two attached hydrogens (primary N) is 1. The summed E-state index contributed by atoms with van der Waals surface area (Å²) in [5.41, 5.74) is 4.68. The lowest BCUT2D eigenvalue weighted by atomic mass is 10.2. The fourth-order valence-electron chi connectivity index (χ4n) is 1.64. The molecule has 0 heterocycles. The Labute approximate surface area is 126 Å². The summed E-state index contributed by atoms with van der Waals surface area (Å²) in [5, 5.41) is 0. The van der Waals surface area contributed by atoms with Crippen LogP contribution < -0.4 is 5.73 Å². The highest BCUT2D eigenvalue weighted by atomic mass is 31.2. The molecule has 6 nitrogen and oxygen atoms in total. The number of hydrogen-bond acceptors (Lipinski definition) is 4. The van der Waals surface area contributed by atoms with Crippen molar-refractivity contribution >= 4 is 19.3 Å². The molecule has 0 aromatic heterocycles. The monoisotopic (exact) mass is 334 g/mol. The number of hydrogen-bond donors (Lipinski definition) is 1. The summed E-state index contributed by atoms with van der Waals surface area (Å²) in [5.74, 6) is -3.70. The number of halogens is 2. The van der Waals surface area contributed by atoms with Gasteiger partial charge in [-0.2, -0.15) is 4.99 Å². The average Bonchev–Trinajstić information content (AvgIpc) is 2.38. The van der Waals surface area contributed by atoms with Gasteiger partial charge >= 0.3 is 7.60 Å². The molecule has 0 fully saturated rings. The van der Waals surface area contributed by atoms with Crippen molar-refractivity contribution in [2.75, 3.05) is 19.4 Å². The third-order valence-corrected chi connectivity index (χ3v) is 4.44. The van der Waals surface area contributed by atoms with Gasteiger partial charge in [-0.1, -0.05) is 6.07 Å². The van der Waals surface area contributed by atoms with Gasteiger partial charge in [-0.25, -0.2) is 8.78 Å². The zero-order valence-electron chi connectivity index (χ0n) is 12.2. The van der Waals surface area contributed by atoms with Gasteiger partial charge in [0.2, 0.25) is 0 Å². The van der Waals surface area contributed by atoms with Crippen molar-refractivity contribution in [1.29, 1.82) is 0 Å². The second-order valence-electron chi connectivity index (χ2n) is 4.11. The maximum absolute atomic E-state index is 13.5. The highest BCUT2D eigenvalue weighted by Gasteiger charge is 2.26. The molecule has 0 bridgehead atoms. The second kappa shape index (κ2) is 8.12. The van der Waals surface area contributed by atoms with E-state index in [9.17, 15) is 18.1 Å². The Morgan fingerprint density at radius 3 is 2.18 bits per heavy atom. The molecule has 0 aliphatic carbocycles. The van der Waals surface area contributed by atoms with E-state index >= 15 is 0 Å². The van der Waals surface area contributed by atoms with Crippen LogP contribution in [-0.4, -0.2) is 31.1 Å². The molecule has 0 atom stereocenters. The molecule has 0 saturated heterocycles. The minimum absolute atomic E-state index is 0.112. The van der Waals surface area contributed by atoms with Gasteiger partial charge in [-0.15, -0.1) is 0 Å². The van der Waals surface area contributed by atoms with E-state index in [1.54, 1.807) is 13.8 Å². The van der Waals surface area contributed by atoms with Crippen LogP contribution in [0, 0.1) is 11.6 Å². The molecule has 9 heteroatoms. The molecule has 122 valence electrons. The maximum Gasteiger partial charge on any atom is 0.338 e. The molecule has 1 amide bonds. The normalized spacial score (nSPS) is 12.5. The first kappa shape index (κ1) is 18.4. The van der Waals surface area contributed by atoms with Crippen LogP contribution in [0.25, 0.3) is 0 Å². The van der Waals surface area contributed by atoms with Crippen LogP contribution in [0.3, 0.4) is 0 Å². The number of rotatable bonds is 7. The lowest BCUT2D eigenvalue weighted by Crippen LogP contribution is -2.21. The topological polar surface area (TPSA) is 91.0 Å². The van der Waals surface area contributed by atoms with Crippen LogP contribution in [0.5, 0.6) is 0 Å². The molecule has 0 spiro atoms. The molecule has 0 aliphatic rings. The highest BCUT2D eigenvalue weighted by Crippen LogP contribution is 2.47. The van der Waals surface area contributed by atoms with Crippen molar-refractivity contribution in [2.45, 2.75) is 13.8 Å². The van der Waals surface area contributed by atoms with Crippen molar-refractivity contribution in [3.8, 4) is 0 Å². The summed E-state index contributed by atoms with van der Waals surface area (Å²) in [6.07, 6.45) is -0.448. The molecule has 0 unspecified atom stereocenters. The third kappa shape index (κ3) is 4.98. The predicted octanol–water partition coefficient (Wildman–Crippen LogP) is 2.73. The predicted molar refractivity (Wildman–Crippen MR) is 78.0 cm³/mol. The summed E-state index contributed by atoms with van der Waals surface area (Å²) < 4.78 is 49.1. The number of amides is 1. The average molecular weight is 334 g/mol. The van der Waals surface area contributed by atoms with Crippen LogP contribution in [-0.2, 0) is 13.6 Å². The van der Waals surface area contributed by atoms with Gasteiger partial charge < -0.3 is 14.8 Å². The Kier molecular flexibility index (Phi) is 6.80. The second-order valence-corrected chi connectivity index (χ2v) is 6.16. The summed E-state index contributed by atoms with van der Waals surface area (Å²) >= 11 is 0. The molecular formula is C13H17F2N2O4P. The van der Waals surface area contributed by atoms with Crippen molar-refractivity contribution in [2.24, 2.45) is 10.7 Å². The number of carbonyl (C=O) groups is 1. The Morgan fingerprint density at radius 1 is 1.23 bits per heavy atom. The first-order valence-corrected chi connectivity index (χ1v) is 8.25. The summed E-state index contributed by atoms with van der Waals surface area (Å²) in [4.78, 5) is 15.1. The van der Waals surface area contributed by atoms with Gasteiger partial charge in [0.1, 0.15) is 29.2 Å². The van der Waals surface area contributed by atoms with E-state index in [0.717, 1.165) is 18.2 Å². The van der Waals surface area contributed by atoms with Crippen LogP contribution in [0.1, 0.15) is 24.2 Å². The summed E-state index contributed by atoms with van der Waals surface area (Å²) in [6, 6.07) is 2.97. The van der Waals surface area contributed by atoms with Crippen molar-refractivity contribution in [3.63, 3.8) is 0 Å². The largest absolute Gasteiger partial charge is 0.387 e. The van der Waals surface area contributed by atoms with Gasteiger partial charge in [0.15, 0.2) is 0 Å². The Hall–Kier alpha value is -1.63.